The normalized spacial score (nSPS) is 17.9. The molecule has 0 aromatic heterocycles. The number of likely N-dealkylation sites (tertiary alicyclic amines) is 1. The molecule has 0 aliphatic carbocycles. The standard InChI is InChI=1S/C16H18BrNO3/c1-16(15(20)21)7-9-18(10-8-16)14(19)6-5-12-3-2-4-13(17)11-12/h2-6,11H,7-10H2,1H3,(H,20,21). The molecule has 0 atom stereocenters. The van der Waals surface area contributed by atoms with Crippen molar-refractivity contribution < 1.29 is 14.7 Å². The van der Waals surface area contributed by atoms with Crippen LogP contribution < -0.4 is 0 Å². The molecule has 4 nitrogen and oxygen atoms in total. The van der Waals surface area contributed by atoms with Gasteiger partial charge in [-0.15, -0.1) is 0 Å². The van der Waals surface area contributed by atoms with Gasteiger partial charge in [0.25, 0.3) is 0 Å². The molecular formula is C16H18BrNO3. The maximum absolute atomic E-state index is 12.1. The Kier molecular flexibility index (Phi) is 4.83. The molecule has 0 spiro atoms. The molecule has 0 unspecified atom stereocenters. The molecule has 21 heavy (non-hydrogen) atoms. The molecule has 0 radical (unpaired) electrons. The first-order valence-corrected chi connectivity index (χ1v) is 7.66. The van der Waals surface area contributed by atoms with Gasteiger partial charge >= 0.3 is 5.97 Å². The van der Waals surface area contributed by atoms with Gasteiger partial charge in [-0.2, -0.15) is 0 Å². The minimum atomic E-state index is -0.778. The molecule has 1 aromatic carbocycles. The number of hydrogen-bond acceptors (Lipinski definition) is 2. The van der Waals surface area contributed by atoms with E-state index in [1.54, 1.807) is 24.0 Å². The number of hydrogen-bond donors (Lipinski definition) is 1. The Morgan fingerprint density at radius 1 is 1.33 bits per heavy atom. The van der Waals surface area contributed by atoms with Gasteiger partial charge in [-0.05, 0) is 43.5 Å². The maximum Gasteiger partial charge on any atom is 0.309 e. The number of carboxylic acid groups (broad SMARTS) is 1. The monoisotopic (exact) mass is 351 g/mol. The van der Waals surface area contributed by atoms with E-state index in [2.05, 4.69) is 15.9 Å². The summed E-state index contributed by atoms with van der Waals surface area (Å²) in [5, 5.41) is 9.18. The maximum atomic E-state index is 12.1. The van der Waals surface area contributed by atoms with Crippen molar-refractivity contribution in [1.29, 1.82) is 0 Å². The zero-order valence-corrected chi connectivity index (χ0v) is 13.5. The van der Waals surface area contributed by atoms with Gasteiger partial charge in [-0.1, -0.05) is 28.1 Å². The third-order valence-electron chi connectivity index (χ3n) is 3.96. The zero-order valence-electron chi connectivity index (χ0n) is 11.9. The van der Waals surface area contributed by atoms with Gasteiger partial charge in [0.15, 0.2) is 0 Å². The van der Waals surface area contributed by atoms with Gasteiger partial charge in [0, 0.05) is 23.6 Å². The Morgan fingerprint density at radius 3 is 2.57 bits per heavy atom. The number of halogens is 1. The summed E-state index contributed by atoms with van der Waals surface area (Å²) in [7, 11) is 0. The van der Waals surface area contributed by atoms with E-state index in [1.807, 2.05) is 24.3 Å². The topological polar surface area (TPSA) is 57.6 Å². The van der Waals surface area contributed by atoms with E-state index in [9.17, 15) is 14.7 Å². The number of nitrogens with zero attached hydrogens (tertiary/aromatic N) is 1. The van der Waals surface area contributed by atoms with E-state index in [0.29, 0.717) is 25.9 Å². The van der Waals surface area contributed by atoms with Crippen molar-refractivity contribution in [2.24, 2.45) is 5.41 Å². The molecule has 1 aliphatic rings. The van der Waals surface area contributed by atoms with Gasteiger partial charge in [-0.25, -0.2) is 0 Å². The second-order valence-corrected chi connectivity index (χ2v) is 6.50. The van der Waals surface area contributed by atoms with Crippen molar-refractivity contribution in [2.75, 3.05) is 13.1 Å². The van der Waals surface area contributed by atoms with Crippen LogP contribution in [0, 0.1) is 5.41 Å². The molecule has 1 amide bonds. The van der Waals surface area contributed by atoms with Crippen molar-refractivity contribution >= 4 is 33.9 Å². The number of benzene rings is 1. The second-order valence-electron chi connectivity index (χ2n) is 5.58. The Hall–Kier alpha value is -1.62. The highest BCUT2D eigenvalue weighted by Crippen LogP contribution is 2.31. The average Bonchev–Trinajstić information content (AvgIpc) is 2.45. The summed E-state index contributed by atoms with van der Waals surface area (Å²) in [6.45, 7) is 2.73. The smallest absolute Gasteiger partial charge is 0.309 e. The lowest BCUT2D eigenvalue weighted by atomic mass is 9.80. The first-order chi connectivity index (χ1) is 9.90. The minimum absolute atomic E-state index is 0.0672. The van der Waals surface area contributed by atoms with Crippen molar-refractivity contribution in [3.63, 3.8) is 0 Å². The summed E-state index contributed by atoms with van der Waals surface area (Å²) in [4.78, 5) is 25.0. The van der Waals surface area contributed by atoms with E-state index in [-0.39, 0.29) is 5.91 Å². The fourth-order valence-corrected chi connectivity index (χ4v) is 2.73. The fraction of sp³-hybridized carbons (Fsp3) is 0.375. The lowest BCUT2D eigenvalue weighted by molar-refractivity contribution is -0.152. The number of carboxylic acids is 1. The van der Waals surface area contributed by atoms with Crippen LogP contribution in [0.25, 0.3) is 6.08 Å². The summed E-state index contributed by atoms with van der Waals surface area (Å²) >= 11 is 3.39. The Morgan fingerprint density at radius 2 is 2.00 bits per heavy atom. The molecule has 0 saturated carbocycles. The predicted octanol–water partition coefficient (Wildman–Crippen LogP) is 3.18. The zero-order chi connectivity index (χ0) is 15.5. The van der Waals surface area contributed by atoms with E-state index >= 15 is 0 Å². The first kappa shape index (κ1) is 15.8. The van der Waals surface area contributed by atoms with E-state index in [4.69, 9.17) is 0 Å². The highest BCUT2D eigenvalue weighted by atomic mass is 79.9. The first-order valence-electron chi connectivity index (χ1n) is 6.87. The minimum Gasteiger partial charge on any atom is -0.481 e. The predicted molar refractivity (Wildman–Crippen MR) is 84.7 cm³/mol. The number of aliphatic carboxylic acids is 1. The third-order valence-corrected chi connectivity index (χ3v) is 4.46. The van der Waals surface area contributed by atoms with Crippen LogP contribution in [-0.2, 0) is 9.59 Å². The largest absolute Gasteiger partial charge is 0.481 e. The molecule has 1 heterocycles. The lowest BCUT2D eigenvalue weighted by Gasteiger charge is -2.35. The molecule has 112 valence electrons. The lowest BCUT2D eigenvalue weighted by Crippen LogP contribution is -2.44. The van der Waals surface area contributed by atoms with Crippen molar-refractivity contribution in [3.05, 3.63) is 40.4 Å². The summed E-state index contributed by atoms with van der Waals surface area (Å²) in [5.74, 6) is -0.846. The molecule has 1 aliphatic heterocycles. The van der Waals surface area contributed by atoms with Gasteiger partial charge in [-0.3, -0.25) is 9.59 Å². The number of piperidine rings is 1. The van der Waals surface area contributed by atoms with E-state index in [1.165, 1.54) is 0 Å². The van der Waals surface area contributed by atoms with Crippen LogP contribution >= 0.6 is 15.9 Å². The van der Waals surface area contributed by atoms with Crippen molar-refractivity contribution in [2.45, 2.75) is 19.8 Å². The van der Waals surface area contributed by atoms with E-state index in [0.717, 1.165) is 10.0 Å². The quantitative estimate of drug-likeness (QED) is 0.850. The molecular weight excluding hydrogens is 334 g/mol. The second kappa shape index (κ2) is 6.43. The molecule has 1 N–H and O–H groups in total. The number of rotatable bonds is 3. The Bertz CT molecular complexity index is 575. The molecule has 5 heteroatoms. The summed E-state index contributed by atoms with van der Waals surface area (Å²) in [5.41, 5.74) is 0.246. The highest BCUT2D eigenvalue weighted by Gasteiger charge is 2.37. The fourth-order valence-electron chi connectivity index (χ4n) is 2.32. The van der Waals surface area contributed by atoms with Crippen molar-refractivity contribution in [1.82, 2.24) is 4.90 Å². The van der Waals surface area contributed by atoms with Gasteiger partial charge in [0.2, 0.25) is 5.91 Å². The van der Waals surface area contributed by atoms with Gasteiger partial charge in [0.1, 0.15) is 0 Å². The van der Waals surface area contributed by atoms with Crippen LogP contribution in [0.5, 0.6) is 0 Å². The summed E-state index contributed by atoms with van der Waals surface area (Å²) in [6, 6.07) is 7.69. The van der Waals surface area contributed by atoms with Crippen LogP contribution in [0.4, 0.5) is 0 Å². The molecule has 0 bridgehead atoms. The molecule has 1 fully saturated rings. The van der Waals surface area contributed by atoms with E-state index < -0.39 is 11.4 Å². The number of carbonyl (C=O) groups is 2. The Balaban J connectivity index is 1.95. The van der Waals surface area contributed by atoms with Crippen LogP contribution in [0.15, 0.2) is 34.8 Å². The summed E-state index contributed by atoms with van der Waals surface area (Å²) < 4.78 is 0.965. The SMILES string of the molecule is CC1(C(=O)O)CCN(C(=O)C=Cc2cccc(Br)c2)CC1. The third kappa shape index (κ3) is 3.94. The van der Waals surface area contributed by atoms with Crippen LogP contribution in [-0.4, -0.2) is 35.0 Å². The van der Waals surface area contributed by atoms with Crippen molar-refractivity contribution in [3.8, 4) is 0 Å². The molecule has 1 aromatic rings. The molecule has 1 saturated heterocycles. The Labute approximate surface area is 132 Å². The molecule has 2 rings (SSSR count). The van der Waals surface area contributed by atoms with Crippen LogP contribution in [0.1, 0.15) is 25.3 Å². The van der Waals surface area contributed by atoms with Crippen LogP contribution in [0.3, 0.4) is 0 Å². The van der Waals surface area contributed by atoms with Gasteiger partial charge < -0.3 is 10.0 Å². The number of carbonyl (C=O) groups excluding carboxylic acids is 1. The number of amides is 1. The average molecular weight is 352 g/mol. The van der Waals surface area contributed by atoms with Gasteiger partial charge in [0.05, 0.1) is 5.41 Å². The summed E-state index contributed by atoms with van der Waals surface area (Å²) in [6.07, 6.45) is 4.32. The van der Waals surface area contributed by atoms with Crippen LogP contribution in [0.2, 0.25) is 0 Å². The highest BCUT2D eigenvalue weighted by molar-refractivity contribution is 9.10.